The fourth-order valence-corrected chi connectivity index (χ4v) is 4.15. The average Bonchev–Trinajstić information content (AvgIpc) is 2.89. The molecule has 1 amide bonds. The maximum Gasteiger partial charge on any atom is 0.252 e. The molecule has 1 heterocycles. The second-order valence-electron chi connectivity index (χ2n) is 5.30. The largest absolute Gasteiger partial charge is 0.349 e. The molecule has 1 fully saturated rings. The van der Waals surface area contributed by atoms with E-state index in [1.807, 2.05) is 0 Å². The van der Waals surface area contributed by atoms with E-state index < -0.39 is 10.0 Å². The Kier molecular flexibility index (Phi) is 4.82. The normalized spacial score (nSPS) is 23.5. The van der Waals surface area contributed by atoms with Gasteiger partial charge in [0.2, 0.25) is 10.0 Å². The number of carbonyl (C=O) groups excluding carboxylic acids is 1. The maximum atomic E-state index is 12.1. The number of thiophene rings is 1. The molecule has 0 spiro atoms. The highest BCUT2D eigenvalue weighted by molar-refractivity contribution is 7.91. The molecule has 2 rings (SSSR count). The predicted octanol–water partition coefficient (Wildman–Crippen LogP) is 2.09. The van der Waals surface area contributed by atoms with Crippen LogP contribution < -0.4 is 10.5 Å². The highest BCUT2D eigenvalue weighted by Crippen LogP contribution is 2.27. The molecule has 1 saturated carbocycles. The summed E-state index contributed by atoms with van der Waals surface area (Å²) in [5.41, 5.74) is 0.372. The first-order valence-electron chi connectivity index (χ1n) is 6.82. The summed E-state index contributed by atoms with van der Waals surface area (Å²) in [6, 6.07) is 1.54. The van der Waals surface area contributed by atoms with Crippen molar-refractivity contribution in [3.8, 4) is 0 Å². The van der Waals surface area contributed by atoms with Gasteiger partial charge in [0.15, 0.2) is 0 Å². The molecule has 3 N–H and O–H groups in total. The second kappa shape index (κ2) is 6.24. The Hall–Kier alpha value is -0.920. The second-order valence-corrected chi connectivity index (χ2v) is 8.00. The van der Waals surface area contributed by atoms with Gasteiger partial charge in [-0.1, -0.05) is 13.3 Å². The number of primary sulfonamides is 1. The number of amides is 1. The van der Waals surface area contributed by atoms with Crippen molar-refractivity contribution in [2.24, 2.45) is 11.1 Å². The van der Waals surface area contributed by atoms with Gasteiger partial charge in [0.1, 0.15) is 4.21 Å². The zero-order chi connectivity index (χ0) is 14.8. The van der Waals surface area contributed by atoms with Gasteiger partial charge in [0.25, 0.3) is 5.91 Å². The highest BCUT2D eigenvalue weighted by Gasteiger charge is 2.22. The molecule has 0 aliphatic heterocycles. The fraction of sp³-hybridized carbons (Fsp3) is 0.615. The molecule has 20 heavy (non-hydrogen) atoms. The molecule has 1 aromatic rings. The van der Waals surface area contributed by atoms with E-state index in [0.29, 0.717) is 5.56 Å². The van der Waals surface area contributed by atoms with E-state index in [1.165, 1.54) is 17.9 Å². The van der Waals surface area contributed by atoms with Crippen LogP contribution in [-0.4, -0.2) is 20.4 Å². The molecule has 112 valence electrons. The summed E-state index contributed by atoms with van der Waals surface area (Å²) in [6.45, 7) is 2.20. The van der Waals surface area contributed by atoms with Crippen LogP contribution in [0.2, 0.25) is 0 Å². The molecule has 0 atom stereocenters. The van der Waals surface area contributed by atoms with Gasteiger partial charge in [-0.25, -0.2) is 13.6 Å². The van der Waals surface area contributed by atoms with Crippen molar-refractivity contribution in [1.29, 1.82) is 0 Å². The van der Waals surface area contributed by atoms with Crippen LogP contribution in [0.4, 0.5) is 0 Å². The molecule has 1 aromatic heterocycles. The molecule has 1 aliphatic rings. The summed E-state index contributed by atoms with van der Waals surface area (Å²) in [4.78, 5) is 12.1. The third-order valence-electron chi connectivity index (χ3n) is 3.88. The lowest BCUT2D eigenvalue weighted by atomic mass is 9.84. The standard InChI is InChI=1S/C13H20N2O3S2/c1-2-9-3-5-11(6-4-9)15-13(16)10-7-12(19-8-10)20(14,17)18/h7-9,11H,2-6H2,1H3,(H,15,16)(H2,14,17,18). The van der Waals surface area contributed by atoms with Crippen LogP contribution in [0.25, 0.3) is 0 Å². The van der Waals surface area contributed by atoms with E-state index in [-0.39, 0.29) is 16.2 Å². The third-order valence-corrected chi connectivity index (χ3v) is 6.26. The third kappa shape index (κ3) is 3.80. The topological polar surface area (TPSA) is 89.3 Å². The van der Waals surface area contributed by atoms with E-state index >= 15 is 0 Å². The minimum Gasteiger partial charge on any atom is -0.349 e. The Morgan fingerprint density at radius 1 is 1.40 bits per heavy atom. The average molecular weight is 316 g/mol. The monoisotopic (exact) mass is 316 g/mol. The number of nitrogens with two attached hydrogens (primary N) is 1. The first-order valence-corrected chi connectivity index (χ1v) is 9.25. The highest BCUT2D eigenvalue weighted by atomic mass is 32.2. The summed E-state index contributed by atoms with van der Waals surface area (Å²) >= 11 is 0.977. The Balaban J connectivity index is 1.94. The van der Waals surface area contributed by atoms with Crippen LogP contribution in [0, 0.1) is 5.92 Å². The maximum absolute atomic E-state index is 12.1. The van der Waals surface area contributed by atoms with Crippen LogP contribution in [-0.2, 0) is 10.0 Å². The van der Waals surface area contributed by atoms with Crippen molar-refractivity contribution in [3.05, 3.63) is 17.0 Å². The van der Waals surface area contributed by atoms with Crippen molar-refractivity contribution >= 4 is 27.3 Å². The van der Waals surface area contributed by atoms with Gasteiger partial charge in [-0.05, 0) is 37.7 Å². The number of hydrogen-bond acceptors (Lipinski definition) is 4. The number of rotatable bonds is 4. The Bertz CT molecular complexity index is 572. The molecule has 7 heteroatoms. The van der Waals surface area contributed by atoms with Gasteiger partial charge in [-0.2, -0.15) is 0 Å². The van der Waals surface area contributed by atoms with Crippen molar-refractivity contribution in [3.63, 3.8) is 0 Å². The van der Waals surface area contributed by atoms with Crippen molar-refractivity contribution in [2.75, 3.05) is 0 Å². The quantitative estimate of drug-likeness (QED) is 0.891. The van der Waals surface area contributed by atoms with Gasteiger partial charge in [0.05, 0.1) is 5.56 Å². The zero-order valence-electron chi connectivity index (χ0n) is 11.5. The number of hydrogen-bond donors (Lipinski definition) is 2. The first kappa shape index (κ1) is 15.5. The van der Waals surface area contributed by atoms with Gasteiger partial charge in [-0.3, -0.25) is 4.79 Å². The van der Waals surface area contributed by atoms with Gasteiger partial charge < -0.3 is 5.32 Å². The van der Waals surface area contributed by atoms with Crippen LogP contribution in [0.5, 0.6) is 0 Å². The van der Waals surface area contributed by atoms with Crippen molar-refractivity contribution in [2.45, 2.75) is 49.3 Å². The molecule has 1 aliphatic carbocycles. The molecule has 5 nitrogen and oxygen atoms in total. The molecule has 0 aromatic carbocycles. The van der Waals surface area contributed by atoms with Crippen molar-refractivity contribution in [1.82, 2.24) is 5.32 Å². The van der Waals surface area contributed by atoms with E-state index in [4.69, 9.17) is 5.14 Å². The summed E-state index contributed by atoms with van der Waals surface area (Å²) < 4.78 is 22.4. The first-order chi connectivity index (χ1) is 9.40. The van der Waals surface area contributed by atoms with E-state index in [0.717, 1.165) is 42.9 Å². The summed E-state index contributed by atoms with van der Waals surface area (Å²) in [7, 11) is -3.72. The molecule has 0 radical (unpaired) electrons. The van der Waals surface area contributed by atoms with Gasteiger partial charge >= 0.3 is 0 Å². The fourth-order valence-electron chi connectivity index (χ4n) is 2.57. The van der Waals surface area contributed by atoms with Crippen LogP contribution in [0.15, 0.2) is 15.7 Å². The Morgan fingerprint density at radius 3 is 2.55 bits per heavy atom. The lowest BCUT2D eigenvalue weighted by Crippen LogP contribution is -2.37. The van der Waals surface area contributed by atoms with E-state index in [2.05, 4.69) is 12.2 Å². The Morgan fingerprint density at radius 2 is 2.05 bits per heavy atom. The molecule has 0 bridgehead atoms. The SMILES string of the molecule is CCC1CCC(NC(=O)c2csc(S(N)(=O)=O)c2)CC1. The summed E-state index contributed by atoms with van der Waals surface area (Å²) in [6.07, 6.45) is 5.48. The van der Waals surface area contributed by atoms with Crippen molar-refractivity contribution < 1.29 is 13.2 Å². The van der Waals surface area contributed by atoms with Crippen LogP contribution in [0.1, 0.15) is 49.4 Å². The zero-order valence-corrected chi connectivity index (χ0v) is 13.1. The lowest BCUT2D eigenvalue weighted by Gasteiger charge is -2.28. The molecule has 0 unspecified atom stereocenters. The van der Waals surface area contributed by atoms with Gasteiger partial charge in [0, 0.05) is 11.4 Å². The van der Waals surface area contributed by atoms with E-state index in [9.17, 15) is 13.2 Å². The number of nitrogens with one attached hydrogen (secondary N) is 1. The summed E-state index contributed by atoms with van der Waals surface area (Å²) in [5, 5.41) is 9.55. The number of sulfonamides is 1. The van der Waals surface area contributed by atoms with Crippen LogP contribution in [0.3, 0.4) is 0 Å². The summed E-state index contributed by atoms with van der Waals surface area (Å²) in [5.74, 6) is 0.564. The predicted molar refractivity (Wildman–Crippen MR) is 79.2 cm³/mol. The molecular weight excluding hydrogens is 296 g/mol. The Labute approximate surface area is 123 Å². The van der Waals surface area contributed by atoms with Gasteiger partial charge in [-0.15, -0.1) is 11.3 Å². The lowest BCUT2D eigenvalue weighted by molar-refractivity contribution is 0.0922. The molecular formula is C13H20N2O3S2. The van der Waals surface area contributed by atoms with Crippen LogP contribution >= 0.6 is 11.3 Å². The smallest absolute Gasteiger partial charge is 0.252 e. The minimum absolute atomic E-state index is 0.0253. The van der Waals surface area contributed by atoms with E-state index in [1.54, 1.807) is 0 Å². The minimum atomic E-state index is -3.72. The molecule has 0 saturated heterocycles. The number of carbonyl (C=O) groups is 1.